The molecule has 2 heterocycles. The molecule has 0 saturated heterocycles. The van der Waals surface area contributed by atoms with Crippen molar-refractivity contribution in [3.8, 4) is 11.1 Å². The van der Waals surface area contributed by atoms with Gasteiger partial charge in [-0.1, -0.05) is 153 Å². The van der Waals surface area contributed by atoms with Gasteiger partial charge in [-0.3, -0.25) is 0 Å². The van der Waals surface area contributed by atoms with Crippen LogP contribution in [0.1, 0.15) is 48.1 Å². The van der Waals surface area contributed by atoms with Crippen molar-refractivity contribution in [2.45, 2.75) is 32.1 Å². The summed E-state index contributed by atoms with van der Waals surface area (Å²) in [4.78, 5) is 7.38. The average Bonchev–Trinajstić information content (AvgIpc) is 3.56. The van der Waals surface area contributed by atoms with E-state index in [0.717, 1.165) is 41.4 Å². The van der Waals surface area contributed by atoms with Crippen LogP contribution in [0.2, 0.25) is 0 Å². The second kappa shape index (κ2) is 13.7. The second-order valence-electron chi connectivity index (χ2n) is 18.0. The van der Waals surface area contributed by atoms with Gasteiger partial charge in [0.1, 0.15) is 0 Å². The molecule has 0 N–H and O–H groups in total. The minimum atomic E-state index is -0.111. The molecule has 10 aromatic carbocycles. The summed E-state index contributed by atoms with van der Waals surface area (Å²) in [6.07, 6.45) is 6.97. The van der Waals surface area contributed by atoms with Crippen LogP contribution in [0.3, 0.4) is 0 Å². The third-order valence-corrected chi connectivity index (χ3v) is 14.2. The molecule has 0 unspecified atom stereocenters. The van der Waals surface area contributed by atoms with Crippen molar-refractivity contribution < 1.29 is 0 Å². The van der Waals surface area contributed by atoms with Crippen molar-refractivity contribution in [1.29, 1.82) is 0 Å². The minimum absolute atomic E-state index is 0.111. The third-order valence-electron chi connectivity index (χ3n) is 14.2. The molecule has 2 aliphatic heterocycles. The van der Waals surface area contributed by atoms with Gasteiger partial charge in [0.25, 0.3) is 0 Å². The Morgan fingerprint density at radius 3 is 1.78 bits per heavy atom. The number of nitrogens with zero attached hydrogens (tertiary/aromatic N) is 3. The summed E-state index contributed by atoms with van der Waals surface area (Å²) in [6, 6.07) is 70.0. The quantitative estimate of drug-likeness (QED) is 0.127. The van der Waals surface area contributed by atoms with Crippen LogP contribution >= 0.6 is 0 Å². The number of aryl methyl sites for hydroxylation is 1. The fourth-order valence-electron chi connectivity index (χ4n) is 11.2. The van der Waals surface area contributed by atoms with E-state index < -0.39 is 0 Å². The summed E-state index contributed by atoms with van der Waals surface area (Å²) in [5, 5.41) is 7.66. The van der Waals surface area contributed by atoms with Crippen LogP contribution in [0, 0.1) is 0 Å². The van der Waals surface area contributed by atoms with Gasteiger partial charge in [-0.15, -0.1) is 0 Å². The van der Waals surface area contributed by atoms with Gasteiger partial charge in [0, 0.05) is 34.4 Å². The van der Waals surface area contributed by atoms with Crippen molar-refractivity contribution in [1.82, 2.24) is 0 Å². The van der Waals surface area contributed by atoms with E-state index in [4.69, 9.17) is 0 Å². The lowest BCUT2D eigenvalue weighted by Crippen LogP contribution is -2.25. The predicted molar refractivity (Wildman–Crippen MR) is 268 cm³/mol. The van der Waals surface area contributed by atoms with Crippen molar-refractivity contribution >= 4 is 90.0 Å². The first-order chi connectivity index (χ1) is 31.0. The Labute approximate surface area is 368 Å². The molecule has 0 saturated carbocycles. The van der Waals surface area contributed by atoms with Gasteiger partial charge in [-0.2, -0.15) is 0 Å². The van der Waals surface area contributed by atoms with Gasteiger partial charge in [-0.05, 0) is 139 Å². The van der Waals surface area contributed by atoms with Gasteiger partial charge in [0.2, 0.25) is 0 Å². The summed E-state index contributed by atoms with van der Waals surface area (Å²) < 4.78 is 0. The largest absolute Gasteiger partial charge is 0.341 e. The van der Waals surface area contributed by atoms with Crippen LogP contribution in [-0.2, 0) is 11.8 Å². The SMILES string of the molecule is CC1(C)c2cc(C=Cc3ccc4ccc5c(N6c7ccccc7N(c7ccccc7)c7ccccc76)ccc6ccc3c4c65)ccc2-c2ccc(N3CCCc4ccccc43)cc21. The molecule has 0 bridgehead atoms. The van der Waals surface area contributed by atoms with E-state index in [1.165, 1.54) is 94.7 Å². The van der Waals surface area contributed by atoms with Gasteiger partial charge >= 0.3 is 0 Å². The smallest absolute Gasteiger partial charge is 0.0703 e. The monoisotopic (exact) mass is 807 g/mol. The molecule has 0 fully saturated rings. The Morgan fingerprint density at radius 2 is 1.03 bits per heavy atom. The Balaban J connectivity index is 0.881. The zero-order chi connectivity index (χ0) is 41.8. The van der Waals surface area contributed by atoms with Crippen molar-refractivity contribution in [3.63, 3.8) is 0 Å². The maximum absolute atomic E-state index is 2.52. The summed E-state index contributed by atoms with van der Waals surface area (Å²) >= 11 is 0. The molecule has 0 aromatic heterocycles. The average molecular weight is 808 g/mol. The topological polar surface area (TPSA) is 9.72 Å². The van der Waals surface area contributed by atoms with E-state index in [2.05, 4.69) is 229 Å². The number of hydrogen-bond donors (Lipinski definition) is 0. The Morgan fingerprint density at radius 1 is 0.444 bits per heavy atom. The summed E-state index contributed by atoms with van der Waals surface area (Å²) in [5.41, 5.74) is 18.9. The number of benzene rings is 10. The molecule has 3 aliphatic rings. The van der Waals surface area contributed by atoms with Crippen LogP contribution < -0.4 is 14.7 Å². The lowest BCUT2D eigenvalue weighted by Gasteiger charge is -2.40. The number of fused-ring (bicyclic) bond motifs is 6. The van der Waals surface area contributed by atoms with Crippen molar-refractivity contribution in [3.05, 3.63) is 216 Å². The van der Waals surface area contributed by atoms with Crippen LogP contribution in [-0.4, -0.2) is 6.54 Å². The minimum Gasteiger partial charge on any atom is -0.341 e. The van der Waals surface area contributed by atoms with Crippen LogP contribution in [0.5, 0.6) is 0 Å². The fourth-order valence-corrected chi connectivity index (χ4v) is 11.2. The molecule has 3 nitrogen and oxygen atoms in total. The summed E-state index contributed by atoms with van der Waals surface area (Å²) in [5.74, 6) is 0. The molecular weight excluding hydrogens is 763 g/mol. The highest BCUT2D eigenvalue weighted by Gasteiger charge is 2.36. The molecule has 63 heavy (non-hydrogen) atoms. The number of para-hydroxylation sites is 6. The molecule has 10 aromatic rings. The van der Waals surface area contributed by atoms with E-state index in [1.807, 2.05) is 0 Å². The van der Waals surface area contributed by atoms with Gasteiger partial charge in [0.05, 0.1) is 28.4 Å². The highest BCUT2D eigenvalue weighted by Crippen LogP contribution is 2.56. The van der Waals surface area contributed by atoms with E-state index in [0.29, 0.717) is 0 Å². The lowest BCUT2D eigenvalue weighted by molar-refractivity contribution is 0.659. The second-order valence-corrected chi connectivity index (χ2v) is 18.0. The standard InChI is InChI=1S/C60H45N3/c1-60(2)50-37-39(23-31-47(50)48-34-30-45(38-51(48)60)61-36-12-14-41-13-6-7-17-52(41)61)22-24-40-25-26-42-28-33-49-53(35-29-43-27-32-46(40)58(42)59(43)49)63-56-20-10-8-18-54(56)62(44-15-4-3-5-16-44)55-19-9-11-21-57(55)63/h3-11,13,15-35,37-38H,12,14,36H2,1-2H3. The van der Waals surface area contributed by atoms with E-state index in [-0.39, 0.29) is 5.41 Å². The molecule has 300 valence electrons. The molecule has 3 heteroatoms. The van der Waals surface area contributed by atoms with Crippen LogP contribution in [0.4, 0.5) is 45.5 Å². The molecule has 0 amide bonds. The van der Waals surface area contributed by atoms with Gasteiger partial charge < -0.3 is 14.7 Å². The highest BCUT2D eigenvalue weighted by molar-refractivity contribution is 6.27. The molecule has 1 aliphatic carbocycles. The highest BCUT2D eigenvalue weighted by atomic mass is 15.3. The maximum Gasteiger partial charge on any atom is 0.0703 e. The van der Waals surface area contributed by atoms with Crippen molar-refractivity contribution in [2.75, 3.05) is 21.2 Å². The zero-order valence-corrected chi connectivity index (χ0v) is 35.5. The predicted octanol–water partition coefficient (Wildman–Crippen LogP) is 16.4. The normalized spacial score (nSPS) is 14.9. The first-order valence-electron chi connectivity index (χ1n) is 22.4. The number of anilines is 8. The van der Waals surface area contributed by atoms with E-state index in [1.54, 1.807) is 0 Å². The molecule has 0 spiro atoms. The Kier molecular flexibility index (Phi) is 7.84. The maximum atomic E-state index is 2.52. The van der Waals surface area contributed by atoms with Crippen LogP contribution in [0.15, 0.2) is 188 Å². The number of rotatable bonds is 5. The van der Waals surface area contributed by atoms with Gasteiger partial charge in [-0.25, -0.2) is 0 Å². The van der Waals surface area contributed by atoms with E-state index >= 15 is 0 Å². The van der Waals surface area contributed by atoms with Gasteiger partial charge in [0.15, 0.2) is 0 Å². The Hall–Kier alpha value is -7.62. The Bertz CT molecular complexity index is 3440. The lowest BCUT2D eigenvalue weighted by atomic mass is 9.81. The van der Waals surface area contributed by atoms with Crippen LogP contribution in [0.25, 0.3) is 55.6 Å². The fraction of sp³-hybridized carbons (Fsp3) is 0.100. The molecular formula is C60H45N3. The van der Waals surface area contributed by atoms with E-state index in [9.17, 15) is 0 Å². The summed E-state index contributed by atoms with van der Waals surface area (Å²) in [6.45, 7) is 5.85. The molecule has 0 radical (unpaired) electrons. The zero-order valence-electron chi connectivity index (χ0n) is 35.5. The first-order valence-corrected chi connectivity index (χ1v) is 22.4. The molecule has 13 rings (SSSR count). The van der Waals surface area contributed by atoms with Crippen molar-refractivity contribution in [2.24, 2.45) is 0 Å². The summed E-state index contributed by atoms with van der Waals surface area (Å²) in [7, 11) is 0. The third kappa shape index (κ3) is 5.39. The number of hydrogen-bond acceptors (Lipinski definition) is 3. The first kappa shape index (κ1) is 36.1. The molecule has 0 atom stereocenters.